The molecular formula is C15H18BrNO2. The molecule has 0 radical (unpaired) electrons. The number of hydrogen-bond donors (Lipinski definition) is 1. The van der Waals surface area contributed by atoms with Crippen LogP contribution >= 0.6 is 15.9 Å². The Balaban J connectivity index is 2.31. The quantitative estimate of drug-likeness (QED) is 0.902. The average molecular weight is 324 g/mol. The van der Waals surface area contributed by atoms with Crippen molar-refractivity contribution in [3.63, 3.8) is 0 Å². The largest absolute Gasteiger partial charge is 0.494 e. The molecule has 19 heavy (non-hydrogen) atoms. The Labute approximate surface area is 121 Å². The van der Waals surface area contributed by atoms with Crippen molar-refractivity contribution in [1.82, 2.24) is 0 Å². The molecule has 0 amide bonds. The molecule has 102 valence electrons. The third-order valence-electron chi connectivity index (χ3n) is 3.05. The predicted molar refractivity (Wildman–Crippen MR) is 79.4 cm³/mol. The molecule has 0 aliphatic rings. The number of furan rings is 1. The first-order valence-electron chi connectivity index (χ1n) is 6.41. The van der Waals surface area contributed by atoms with Gasteiger partial charge >= 0.3 is 0 Å². The van der Waals surface area contributed by atoms with E-state index in [1.54, 1.807) is 6.26 Å². The summed E-state index contributed by atoms with van der Waals surface area (Å²) in [5.41, 5.74) is 8.39. The van der Waals surface area contributed by atoms with E-state index >= 15 is 0 Å². The van der Waals surface area contributed by atoms with Crippen LogP contribution in [0.25, 0.3) is 0 Å². The normalized spacial score (nSPS) is 12.4. The maximum Gasteiger partial charge on any atom is 0.120 e. The number of ether oxygens (including phenoxy) is 1. The highest BCUT2D eigenvalue weighted by Gasteiger charge is 2.17. The predicted octanol–water partition coefficient (Wildman–Crippen LogP) is 4.05. The molecule has 0 aliphatic heterocycles. The van der Waals surface area contributed by atoms with Crippen LogP contribution in [0.1, 0.15) is 36.8 Å². The van der Waals surface area contributed by atoms with Gasteiger partial charge in [-0.15, -0.1) is 0 Å². The van der Waals surface area contributed by atoms with Crippen LogP contribution < -0.4 is 10.5 Å². The van der Waals surface area contributed by atoms with Crippen LogP contribution in [0, 0.1) is 0 Å². The Kier molecular flexibility index (Phi) is 4.66. The van der Waals surface area contributed by atoms with E-state index in [2.05, 4.69) is 22.9 Å². The summed E-state index contributed by atoms with van der Waals surface area (Å²) < 4.78 is 11.9. The van der Waals surface area contributed by atoms with Crippen molar-refractivity contribution in [1.29, 1.82) is 0 Å². The third-order valence-corrected chi connectivity index (χ3v) is 3.74. The summed E-state index contributed by atoms with van der Waals surface area (Å²) in [7, 11) is 0. The highest BCUT2D eigenvalue weighted by atomic mass is 79.9. The molecule has 2 aromatic rings. The van der Waals surface area contributed by atoms with Crippen molar-refractivity contribution < 1.29 is 9.15 Å². The Hall–Kier alpha value is -1.26. The molecular weight excluding hydrogens is 306 g/mol. The maximum atomic E-state index is 6.33. The fraction of sp³-hybridized carbons (Fsp3) is 0.333. The van der Waals surface area contributed by atoms with Crippen LogP contribution in [0.5, 0.6) is 5.75 Å². The van der Waals surface area contributed by atoms with Gasteiger partial charge in [0.1, 0.15) is 11.5 Å². The van der Waals surface area contributed by atoms with E-state index in [1.165, 1.54) is 0 Å². The summed E-state index contributed by atoms with van der Waals surface area (Å²) in [5, 5.41) is 0. The first-order valence-corrected chi connectivity index (χ1v) is 7.20. The molecule has 0 spiro atoms. The number of aryl methyl sites for hydroxylation is 1. The molecule has 0 fully saturated rings. The molecule has 4 heteroatoms. The lowest BCUT2D eigenvalue weighted by molar-refractivity contribution is 0.340. The molecule has 3 nitrogen and oxygen atoms in total. The standard InChI is InChI=1S/C15H18BrNO2/c1-3-14-12(7-8-19-14)15(17)11-6-5-10(18-4-2)9-13(11)16/h5-9,15H,3-4,17H2,1-2H3. The summed E-state index contributed by atoms with van der Waals surface area (Å²) in [6.45, 7) is 4.67. The lowest BCUT2D eigenvalue weighted by Gasteiger charge is -2.15. The summed E-state index contributed by atoms with van der Waals surface area (Å²) in [5.74, 6) is 1.78. The lowest BCUT2D eigenvalue weighted by atomic mass is 9.99. The second-order valence-electron chi connectivity index (χ2n) is 4.25. The van der Waals surface area contributed by atoms with E-state index < -0.39 is 0 Å². The van der Waals surface area contributed by atoms with Crippen LogP contribution in [0.15, 0.2) is 39.4 Å². The fourth-order valence-corrected chi connectivity index (χ4v) is 2.70. The van der Waals surface area contributed by atoms with Gasteiger partial charge in [-0.05, 0) is 30.7 Å². The summed E-state index contributed by atoms with van der Waals surface area (Å²) in [6, 6.07) is 7.62. The van der Waals surface area contributed by atoms with Gasteiger partial charge in [-0.1, -0.05) is 28.9 Å². The van der Waals surface area contributed by atoms with Gasteiger partial charge in [-0.2, -0.15) is 0 Å². The van der Waals surface area contributed by atoms with Gasteiger partial charge in [-0.3, -0.25) is 0 Å². The molecule has 0 saturated carbocycles. The van der Waals surface area contributed by atoms with Crippen molar-refractivity contribution in [2.24, 2.45) is 5.73 Å². The molecule has 1 unspecified atom stereocenters. The number of halogens is 1. The van der Waals surface area contributed by atoms with Gasteiger partial charge in [0, 0.05) is 16.5 Å². The summed E-state index contributed by atoms with van der Waals surface area (Å²) in [6.07, 6.45) is 2.53. The zero-order valence-corrected chi connectivity index (χ0v) is 12.7. The highest BCUT2D eigenvalue weighted by Crippen LogP contribution is 2.32. The van der Waals surface area contributed by atoms with Gasteiger partial charge in [0.05, 0.1) is 18.9 Å². The van der Waals surface area contributed by atoms with E-state index in [-0.39, 0.29) is 6.04 Å². The number of rotatable bonds is 5. The number of benzene rings is 1. The Morgan fingerprint density at radius 2 is 2.05 bits per heavy atom. The van der Waals surface area contributed by atoms with Crippen LogP contribution in [0.2, 0.25) is 0 Å². The Bertz CT molecular complexity index is 551. The van der Waals surface area contributed by atoms with Crippen molar-refractivity contribution in [3.8, 4) is 5.75 Å². The van der Waals surface area contributed by atoms with Gasteiger partial charge < -0.3 is 14.9 Å². The van der Waals surface area contributed by atoms with Crippen molar-refractivity contribution in [3.05, 3.63) is 51.9 Å². The first kappa shape index (κ1) is 14.2. The summed E-state index contributed by atoms with van der Waals surface area (Å²) >= 11 is 3.56. The minimum Gasteiger partial charge on any atom is -0.494 e. The highest BCUT2D eigenvalue weighted by molar-refractivity contribution is 9.10. The van der Waals surface area contributed by atoms with Crippen molar-refractivity contribution in [2.45, 2.75) is 26.3 Å². The maximum absolute atomic E-state index is 6.33. The SMILES string of the molecule is CCOc1ccc(C(N)c2ccoc2CC)c(Br)c1. The van der Waals surface area contributed by atoms with Gasteiger partial charge in [-0.25, -0.2) is 0 Å². The zero-order valence-electron chi connectivity index (χ0n) is 11.2. The zero-order chi connectivity index (χ0) is 13.8. The second kappa shape index (κ2) is 6.26. The molecule has 1 atom stereocenters. The van der Waals surface area contributed by atoms with E-state index in [9.17, 15) is 0 Å². The van der Waals surface area contributed by atoms with Crippen molar-refractivity contribution in [2.75, 3.05) is 6.61 Å². The second-order valence-corrected chi connectivity index (χ2v) is 5.10. The number of nitrogens with two attached hydrogens (primary N) is 1. The van der Waals surface area contributed by atoms with E-state index in [0.717, 1.165) is 33.5 Å². The average Bonchev–Trinajstić information content (AvgIpc) is 2.87. The fourth-order valence-electron chi connectivity index (χ4n) is 2.10. The molecule has 0 aliphatic carbocycles. The minimum atomic E-state index is -0.196. The Morgan fingerprint density at radius 3 is 2.68 bits per heavy atom. The third kappa shape index (κ3) is 3.01. The molecule has 0 saturated heterocycles. The topological polar surface area (TPSA) is 48.4 Å². The van der Waals surface area contributed by atoms with E-state index in [1.807, 2.05) is 31.2 Å². The molecule has 2 rings (SSSR count). The van der Waals surface area contributed by atoms with Crippen LogP contribution in [-0.2, 0) is 6.42 Å². The summed E-state index contributed by atoms with van der Waals surface area (Å²) in [4.78, 5) is 0. The minimum absolute atomic E-state index is 0.196. The molecule has 2 N–H and O–H groups in total. The van der Waals surface area contributed by atoms with Gasteiger partial charge in [0.15, 0.2) is 0 Å². The smallest absolute Gasteiger partial charge is 0.120 e. The molecule has 1 heterocycles. The van der Waals surface area contributed by atoms with Gasteiger partial charge in [0.2, 0.25) is 0 Å². The van der Waals surface area contributed by atoms with Crippen LogP contribution in [0.4, 0.5) is 0 Å². The van der Waals surface area contributed by atoms with E-state index in [0.29, 0.717) is 6.61 Å². The molecule has 1 aromatic heterocycles. The molecule has 0 bridgehead atoms. The number of hydrogen-bond acceptors (Lipinski definition) is 3. The van der Waals surface area contributed by atoms with Gasteiger partial charge in [0.25, 0.3) is 0 Å². The molecule has 1 aromatic carbocycles. The van der Waals surface area contributed by atoms with Crippen LogP contribution in [-0.4, -0.2) is 6.61 Å². The Morgan fingerprint density at radius 1 is 1.26 bits per heavy atom. The first-order chi connectivity index (χ1) is 9.17. The van der Waals surface area contributed by atoms with E-state index in [4.69, 9.17) is 14.9 Å². The van der Waals surface area contributed by atoms with Crippen LogP contribution in [0.3, 0.4) is 0 Å². The monoisotopic (exact) mass is 323 g/mol. The lowest BCUT2D eigenvalue weighted by Crippen LogP contribution is -2.13. The van der Waals surface area contributed by atoms with Crippen molar-refractivity contribution >= 4 is 15.9 Å².